The van der Waals surface area contributed by atoms with Crippen LogP contribution in [-0.4, -0.2) is 18.1 Å². The fraction of sp³-hybridized carbons (Fsp3) is 0.133. The molecule has 0 bridgehead atoms. The van der Waals surface area contributed by atoms with Gasteiger partial charge in [-0.15, -0.1) is 0 Å². The number of benzene rings is 2. The molecule has 5 nitrogen and oxygen atoms in total. The van der Waals surface area contributed by atoms with Crippen molar-refractivity contribution in [3.63, 3.8) is 0 Å². The molecular formula is C15H16N2O3. The number of rotatable bonds is 3. The molecule has 0 unspecified atom stereocenters. The zero-order valence-corrected chi connectivity index (χ0v) is 11.3. The van der Waals surface area contributed by atoms with Gasteiger partial charge in [-0.05, 0) is 42.8 Å². The number of anilines is 2. The van der Waals surface area contributed by atoms with Gasteiger partial charge in [0.25, 0.3) is 5.91 Å². The Balaban J connectivity index is 2.24. The third kappa shape index (κ3) is 2.66. The van der Waals surface area contributed by atoms with Crippen molar-refractivity contribution in [2.75, 3.05) is 18.2 Å². The van der Waals surface area contributed by atoms with Crippen molar-refractivity contribution in [1.82, 2.24) is 0 Å². The molecule has 0 aliphatic rings. The van der Waals surface area contributed by atoms with Crippen LogP contribution in [0.25, 0.3) is 0 Å². The second-order valence-corrected chi connectivity index (χ2v) is 4.36. The molecular weight excluding hydrogens is 256 g/mol. The molecule has 0 radical (unpaired) electrons. The van der Waals surface area contributed by atoms with Crippen LogP contribution in [0.3, 0.4) is 0 Å². The zero-order chi connectivity index (χ0) is 14.7. The van der Waals surface area contributed by atoms with Gasteiger partial charge in [0.1, 0.15) is 0 Å². The monoisotopic (exact) mass is 272 g/mol. The second kappa shape index (κ2) is 5.52. The number of phenols is 1. The summed E-state index contributed by atoms with van der Waals surface area (Å²) in [6.07, 6.45) is 0. The van der Waals surface area contributed by atoms with Crippen LogP contribution in [0.1, 0.15) is 15.9 Å². The van der Waals surface area contributed by atoms with E-state index in [2.05, 4.69) is 5.32 Å². The average Bonchev–Trinajstić information content (AvgIpc) is 2.43. The summed E-state index contributed by atoms with van der Waals surface area (Å²) in [4.78, 5) is 12.1. The molecule has 0 aromatic heterocycles. The minimum atomic E-state index is -0.323. The number of amides is 1. The van der Waals surface area contributed by atoms with E-state index in [4.69, 9.17) is 10.5 Å². The fourth-order valence-electron chi connectivity index (χ4n) is 1.81. The van der Waals surface area contributed by atoms with E-state index in [0.29, 0.717) is 22.7 Å². The van der Waals surface area contributed by atoms with Crippen LogP contribution in [0.5, 0.6) is 11.5 Å². The fourth-order valence-corrected chi connectivity index (χ4v) is 1.81. The number of hydrogen-bond donors (Lipinski definition) is 3. The van der Waals surface area contributed by atoms with Crippen LogP contribution < -0.4 is 15.8 Å². The summed E-state index contributed by atoms with van der Waals surface area (Å²) in [7, 11) is 1.45. The first kappa shape index (κ1) is 13.7. The van der Waals surface area contributed by atoms with E-state index >= 15 is 0 Å². The number of carbonyl (C=O) groups excluding carboxylic acids is 1. The van der Waals surface area contributed by atoms with Gasteiger partial charge in [0.05, 0.1) is 7.11 Å². The van der Waals surface area contributed by atoms with Gasteiger partial charge >= 0.3 is 0 Å². The Morgan fingerprint density at radius 2 is 2.05 bits per heavy atom. The largest absolute Gasteiger partial charge is 0.504 e. The van der Waals surface area contributed by atoms with Gasteiger partial charge in [-0.25, -0.2) is 0 Å². The highest BCUT2D eigenvalue weighted by Gasteiger charge is 2.11. The number of phenolic OH excluding ortho intramolecular Hbond substituents is 1. The van der Waals surface area contributed by atoms with Crippen molar-refractivity contribution >= 4 is 17.3 Å². The molecule has 4 N–H and O–H groups in total. The number of carbonyl (C=O) groups is 1. The summed E-state index contributed by atoms with van der Waals surface area (Å²) in [6, 6.07) is 9.78. The number of hydrogen-bond acceptors (Lipinski definition) is 4. The molecule has 2 aromatic rings. The second-order valence-electron chi connectivity index (χ2n) is 4.36. The first-order valence-electron chi connectivity index (χ1n) is 6.06. The Morgan fingerprint density at radius 3 is 2.70 bits per heavy atom. The highest BCUT2D eigenvalue weighted by Crippen LogP contribution is 2.27. The molecule has 2 rings (SSSR count). The van der Waals surface area contributed by atoms with Gasteiger partial charge in [-0.2, -0.15) is 0 Å². The topological polar surface area (TPSA) is 84.6 Å². The van der Waals surface area contributed by atoms with Crippen LogP contribution in [0.4, 0.5) is 11.4 Å². The van der Waals surface area contributed by atoms with Crippen LogP contribution in [0, 0.1) is 6.92 Å². The molecule has 20 heavy (non-hydrogen) atoms. The van der Waals surface area contributed by atoms with Gasteiger partial charge in [0.15, 0.2) is 11.5 Å². The quantitative estimate of drug-likeness (QED) is 0.750. The van der Waals surface area contributed by atoms with Crippen molar-refractivity contribution in [2.24, 2.45) is 0 Å². The molecule has 0 saturated carbocycles. The van der Waals surface area contributed by atoms with Gasteiger partial charge in [0.2, 0.25) is 0 Å². The smallest absolute Gasteiger partial charge is 0.255 e. The van der Waals surface area contributed by atoms with Crippen molar-refractivity contribution in [2.45, 2.75) is 6.92 Å². The summed E-state index contributed by atoms with van der Waals surface area (Å²) < 4.78 is 4.93. The molecule has 0 aliphatic carbocycles. The lowest BCUT2D eigenvalue weighted by atomic mass is 10.1. The lowest BCUT2D eigenvalue weighted by molar-refractivity contribution is 0.102. The molecule has 0 aliphatic heterocycles. The highest BCUT2D eigenvalue weighted by atomic mass is 16.5. The Bertz CT molecular complexity index is 654. The van der Waals surface area contributed by atoms with Crippen molar-refractivity contribution < 1.29 is 14.6 Å². The van der Waals surface area contributed by atoms with Crippen molar-refractivity contribution in [3.05, 3.63) is 47.5 Å². The lowest BCUT2D eigenvalue weighted by Crippen LogP contribution is -2.13. The molecule has 0 heterocycles. The molecule has 2 aromatic carbocycles. The van der Waals surface area contributed by atoms with E-state index in [9.17, 15) is 9.90 Å². The first-order chi connectivity index (χ1) is 9.52. The normalized spacial score (nSPS) is 10.1. The highest BCUT2D eigenvalue weighted by molar-refractivity contribution is 6.05. The Hall–Kier alpha value is -2.69. The summed E-state index contributed by atoms with van der Waals surface area (Å²) in [6.45, 7) is 1.83. The van der Waals surface area contributed by atoms with Crippen LogP contribution in [0.2, 0.25) is 0 Å². The van der Waals surface area contributed by atoms with Gasteiger partial charge in [0, 0.05) is 16.9 Å². The number of nitrogen functional groups attached to an aromatic ring is 1. The number of nitrogens with one attached hydrogen (secondary N) is 1. The maximum absolute atomic E-state index is 12.1. The summed E-state index contributed by atoms with van der Waals surface area (Å²) in [5, 5.41) is 12.4. The summed E-state index contributed by atoms with van der Waals surface area (Å²) in [5.41, 5.74) is 8.19. The number of aromatic hydroxyl groups is 1. The molecule has 1 amide bonds. The molecule has 0 fully saturated rings. The van der Waals surface area contributed by atoms with E-state index in [0.717, 1.165) is 5.56 Å². The van der Waals surface area contributed by atoms with Gasteiger partial charge in [-0.1, -0.05) is 6.07 Å². The first-order valence-corrected chi connectivity index (χ1v) is 6.06. The minimum Gasteiger partial charge on any atom is -0.504 e. The third-order valence-corrected chi connectivity index (χ3v) is 3.06. The van der Waals surface area contributed by atoms with E-state index < -0.39 is 0 Å². The Labute approximate surface area is 117 Å². The third-order valence-electron chi connectivity index (χ3n) is 3.06. The lowest BCUT2D eigenvalue weighted by Gasteiger charge is -2.11. The van der Waals surface area contributed by atoms with E-state index in [-0.39, 0.29) is 11.7 Å². The van der Waals surface area contributed by atoms with E-state index in [1.54, 1.807) is 24.3 Å². The Kier molecular flexibility index (Phi) is 3.79. The van der Waals surface area contributed by atoms with E-state index in [1.165, 1.54) is 19.2 Å². The summed E-state index contributed by atoms with van der Waals surface area (Å²) >= 11 is 0. The van der Waals surface area contributed by atoms with Crippen molar-refractivity contribution in [1.29, 1.82) is 0 Å². The molecule has 0 atom stereocenters. The molecule has 0 saturated heterocycles. The average molecular weight is 272 g/mol. The number of methoxy groups -OCH3 is 1. The number of ether oxygens (including phenoxy) is 1. The standard InChI is InChI=1S/C15H16N2O3/c1-9-11(16)4-3-5-12(9)17-15(19)10-6-7-14(20-2)13(18)8-10/h3-8,18H,16H2,1-2H3,(H,17,19). The van der Waals surface area contributed by atoms with Gasteiger partial charge in [-0.3, -0.25) is 4.79 Å². The van der Waals surface area contributed by atoms with Crippen LogP contribution in [0.15, 0.2) is 36.4 Å². The number of nitrogens with two attached hydrogens (primary N) is 1. The predicted molar refractivity (Wildman–Crippen MR) is 78.2 cm³/mol. The van der Waals surface area contributed by atoms with E-state index in [1.807, 2.05) is 6.92 Å². The van der Waals surface area contributed by atoms with Crippen LogP contribution in [-0.2, 0) is 0 Å². The molecule has 104 valence electrons. The summed E-state index contributed by atoms with van der Waals surface area (Å²) in [5.74, 6) is -0.0808. The SMILES string of the molecule is COc1ccc(C(=O)Nc2cccc(N)c2C)cc1O. The Morgan fingerprint density at radius 1 is 1.30 bits per heavy atom. The van der Waals surface area contributed by atoms with Crippen LogP contribution >= 0.6 is 0 Å². The maximum atomic E-state index is 12.1. The minimum absolute atomic E-state index is 0.0792. The van der Waals surface area contributed by atoms with Crippen molar-refractivity contribution in [3.8, 4) is 11.5 Å². The zero-order valence-electron chi connectivity index (χ0n) is 11.3. The molecule has 5 heteroatoms. The molecule has 0 spiro atoms. The maximum Gasteiger partial charge on any atom is 0.255 e. The predicted octanol–water partition coefficient (Wildman–Crippen LogP) is 2.54. The van der Waals surface area contributed by atoms with Gasteiger partial charge < -0.3 is 20.9 Å².